The standard InChI is InChI=1S/C28H29NO4/c1-31-27-19-23(11-14-25(27)32-18-16-20-7-8-20)29-17-15-26(28(29)30)33-24-12-9-22(10-13-24)21-5-3-2-4-6-21/h2-6,9-14,19-20,26H,7-8,15-18H2,1H3/t26-/m1/s1. The van der Waals surface area contributed by atoms with Gasteiger partial charge >= 0.3 is 0 Å². The van der Waals surface area contributed by atoms with Crippen LogP contribution in [0.5, 0.6) is 17.2 Å². The van der Waals surface area contributed by atoms with E-state index in [1.807, 2.05) is 60.7 Å². The number of hydrogen-bond donors (Lipinski definition) is 0. The van der Waals surface area contributed by atoms with Crippen LogP contribution in [0.4, 0.5) is 5.69 Å². The molecule has 0 radical (unpaired) electrons. The Labute approximate surface area is 194 Å². The van der Waals surface area contributed by atoms with Gasteiger partial charge in [-0.3, -0.25) is 4.79 Å². The molecule has 3 aromatic carbocycles. The van der Waals surface area contributed by atoms with Gasteiger partial charge < -0.3 is 19.1 Å². The van der Waals surface area contributed by atoms with Crippen LogP contribution in [0.3, 0.4) is 0 Å². The van der Waals surface area contributed by atoms with Crippen LogP contribution in [0, 0.1) is 5.92 Å². The molecule has 0 unspecified atom stereocenters. The fraction of sp³-hybridized carbons (Fsp3) is 0.321. The highest BCUT2D eigenvalue weighted by Gasteiger charge is 2.34. The highest BCUT2D eigenvalue weighted by atomic mass is 16.5. The monoisotopic (exact) mass is 443 g/mol. The summed E-state index contributed by atoms with van der Waals surface area (Å²) in [5, 5.41) is 0. The molecule has 2 aliphatic rings. The van der Waals surface area contributed by atoms with E-state index in [9.17, 15) is 4.79 Å². The summed E-state index contributed by atoms with van der Waals surface area (Å²) in [5.74, 6) is 2.86. The molecule has 5 rings (SSSR count). The number of ether oxygens (including phenoxy) is 3. The smallest absolute Gasteiger partial charge is 0.268 e. The molecule has 1 aliphatic carbocycles. The van der Waals surface area contributed by atoms with E-state index in [-0.39, 0.29) is 5.91 Å². The number of nitrogens with zero attached hydrogens (tertiary/aromatic N) is 1. The summed E-state index contributed by atoms with van der Waals surface area (Å²) in [6.45, 7) is 1.30. The van der Waals surface area contributed by atoms with Crippen molar-refractivity contribution < 1.29 is 19.0 Å². The van der Waals surface area contributed by atoms with Gasteiger partial charge in [0.05, 0.1) is 13.7 Å². The lowest BCUT2D eigenvalue weighted by atomic mass is 10.1. The molecule has 0 aromatic heterocycles. The van der Waals surface area contributed by atoms with Crippen molar-refractivity contribution in [2.24, 2.45) is 5.92 Å². The third kappa shape index (κ3) is 4.98. The lowest BCUT2D eigenvalue weighted by molar-refractivity contribution is -0.122. The van der Waals surface area contributed by atoms with Gasteiger partial charge in [-0.25, -0.2) is 0 Å². The van der Waals surface area contributed by atoms with Crippen LogP contribution >= 0.6 is 0 Å². The molecular weight excluding hydrogens is 414 g/mol. The van der Waals surface area contributed by atoms with Crippen molar-refractivity contribution in [2.75, 3.05) is 25.2 Å². The lowest BCUT2D eigenvalue weighted by Gasteiger charge is -2.19. The molecule has 3 aromatic rings. The first-order chi connectivity index (χ1) is 16.2. The van der Waals surface area contributed by atoms with Gasteiger partial charge in [-0.1, -0.05) is 55.3 Å². The molecule has 2 fully saturated rings. The van der Waals surface area contributed by atoms with Gasteiger partial charge in [0.2, 0.25) is 0 Å². The Balaban J connectivity index is 1.22. The van der Waals surface area contributed by atoms with Crippen molar-refractivity contribution in [3.8, 4) is 28.4 Å². The molecule has 1 amide bonds. The molecule has 1 heterocycles. The van der Waals surface area contributed by atoms with Crippen molar-refractivity contribution in [3.63, 3.8) is 0 Å². The predicted molar refractivity (Wildman–Crippen MR) is 129 cm³/mol. The summed E-state index contributed by atoms with van der Waals surface area (Å²) in [6.07, 6.45) is 3.86. The zero-order chi connectivity index (χ0) is 22.6. The van der Waals surface area contributed by atoms with Gasteiger partial charge in [-0.2, -0.15) is 0 Å². The lowest BCUT2D eigenvalue weighted by Crippen LogP contribution is -2.32. The quantitative estimate of drug-likeness (QED) is 0.424. The van der Waals surface area contributed by atoms with Crippen LogP contribution in [-0.4, -0.2) is 32.3 Å². The van der Waals surface area contributed by atoms with E-state index in [0.29, 0.717) is 31.1 Å². The van der Waals surface area contributed by atoms with Crippen LogP contribution in [-0.2, 0) is 4.79 Å². The maximum Gasteiger partial charge on any atom is 0.268 e. The minimum absolute atomic E-state index is 0.0356. The van der Waals surface area contributed by atoms with Crippen molar-refractivity contribution in [1.29, 1.82) is 0 Å². The minimum atomic E-state index is -0.493. The molecule has 5 heteroatoms. The number of carbonyl (C=O) groups is 1. The Kier molecular flexibility index (Phi) is 6.20. The summed E-state index contributed by atoms with van der Waals surface area (Å²) >= 11 is 0. The Morgan fingerprint density at radius 3 is 2.36 bits per heavy atom. The number of benzene rings is 3. The summed E-state index contributed by atoms with van der Waals surface area (Å²) < 4.78 is 17.5. The molecule has 0 spiro atoms. The number of anilines is 1. The molecule has 5 nitrogen and oxygen atoms in total. The highest BCUT2D eigenvalue weighted by Crippen LogP contribution is 2.36. The van der Waals surface area contributed by atoms with Gasteiger partial charge in [0.15, 0.2) is 17.6 Å². The normalized spacial score (nSPS) is 17.8. The Hall–Kier alpha value is -3.47. The second kappa shape index (κ2) is 9.57. The van der Waals surface area contributed by atoms with Crippen molar-refractivity contribution in [3.05, 3.63) is 72.8 Å². The predicted octanol–water partition coefficient (Wildman–Crippen LogP) is 5.73. The Bertz CT molecular complexity index is 1090. The van der Waals surface area contributed by atoms with Crippen LogP contribution < -0.4 is 19.1 Å². The number of methoxy groups -OCH3 is 1. The maximum atomic E-state index is 13.1. The zero-order valence-corrected chi connectivity index (χ0v) is 18.9. The first kappa shape index (κ1) is 21.4. The van der Waals surface area contributed by atoms with E-state index in [2.05, 4.69) is 12.1 Å². The van der Waals surface area contributed by atoms with Crippen molar-refractivity contribution in [1.82, 2.24) is 0 Å². The van der Waals surface area contributed by atoms with Crippen LogP contribution in [0.1, 0.15) is 25.7 Å². The van der Waals surface area contributed by atoms with Gasteiger partial charge in [0.1, 0.15) is 5.75 Å². The molecule has 1 saturated carbocycles. The summed E-state index contributed by atoms with van der Waals surface area (Å²) in [4.78, 5) is 14.8. The fourth-order valence-electron chi connectivity index (χ4n) is 4.23. The van der Waals surface area contributed by atoms with Crippen molar-refractivity contribution >= 4 is 11.6 Å². The summed E-state index contributed by atoms with van der Waals surface area (Å²) in [5.41, 5.74) is 3.08. The van der Waals surface area contributed by atoms with E-state index < -0.39 is 6.10 Å². The van der Waals surface area contributed by atoms with Gasteiger partial charge in [-0.15, -0.1) is 0 Å². The van der Waals surface area contributed by atoms with Crippen LogP contribution in [0.25, 0.3) is 11.1 Å². The number of carbonyl (C=O) groups excluding carboxylic acids is 1. The van der Waals surface area contributed by atoms with Crippen molar-refractivity contribution in [2.45, 2.75) is 31.8 Å². The molecule has 1 saturated heterocycles. The summed E-state index contributed by atoms with van der Waals surface area (Å²) in [7, 11) is 1.63. The van der Waals surface area contributed by atoms with E-state index >= 15 is 0 Å². The maximum absolute atomic E-state index is 13.1. The van der Waals surface area contributed by atoms with E-state index in [0.717, 1.165) is 34.9 Å². The number of amides is 1. The highest BCUT2D eigenvalue weighted by molar-refractivity contribution is 5.99. The molecule has 1 aliphatic heterocycles. The van der Waals surface area contributed by atoms with E-state index in [4.69, 9.17) is 14.2 Å². The Morgan fingerprint density at radius 1 is 0.879 bits per heavy atom. The molecule has 170 valence electrons. The number of rotatable bonds is 9. The first-order valence-corrected chi connectivity index (χ1v) is 11.7. The Morgan fingerprint density at radius 2 is 1.64 bits per heavy atom. The molecule has 0 bridgehead atoms. The van der Waals surface area contributed by atoms with E-state index in [1.54, 1.807) is 12.0 Å². The van der Waals surface area contributed by atoms with Gasteiger partial charge in [-0.05, 0) is 47.7 Å². The second-order valence-electron chi connectivity index (χ2n) is 8.69. The summed E-state index contributed by atoms with van der Waals surface area (Å²) in [6, 6.07) is 23.8. The topological polar surface area (TPSA) is 48.0 Å². The molecule has 33 heavy (non-hydrogen) atoms. The third-order valence-corrected chi connectivity index (χ3v) is 6.34. The third-order valence-electron chi connectivity index (χ3n) is 6.34. The average molecular weight is 444 g/mol. The second-order valence-corrected chi connectivity index (χ2v) is 8.69. The minimum Gasteiger partial charge on any atom is -0.493 e. The molecular formula is C28H29NO4. The first-order valence-electron chi connectivity index (χ1n) is 11.7. The zero-order valence-electron chi connectivity index (χ0n) is 18.9. The molecule has 1 atom stereocenters. The van der Waals surface area contributed by atoms with E-state index in [1.165, 1.54) is 12.8 Å². The fourth-order valence-corrected chi connectivity index (χ4v) is 4.23. The van der Waals surface area contributed by atoms with Gasteiger partial charge in [0, 0.05) is 24.7 Å². The number of hydrogen-bond acceptors (Lipinski definition) is 4. The van der Waals surface area contributed by atoms with Crippen LogP contribution in [0.15, 0.2) is 72.8 Å². The SMILES string of the molecule is COc1cc(N2CC[C@@H](Oc3ccc(-c4ccccc4)cc3)C2=O)ccc1OCCC1CC1. The largest absolute Gasteiger partial charge is 0.493 e. The van der Waals surface area contributed by atoms with Gasteiger partial charge in [0.25, 0.3) is 5.91 Å². The van der Waals surface area contributed by atoms with Crippen LogP contribution in [0.2, 0.25) is 0 Å². The molecule has 0 N–H and O–H groups in total. The average Bonchev–Trinajstić information content (AvgIpc) is 3.62.